The van der Waals surface area contributed by atoms with Crippen LogP contribution in [-0.2, 0) is 26.5 Å². The predicted octanol–water partition coefficient (Wildman–Crippen LogP) is 15.5. The Morgan fingerprint density at radius 3 is 2.16 bits per heavy atom. The molecule has 3 nitrogen and oxygen atoms in total. The average Bonchev–Trinajstić information content (AvgIpc) is 3.87. The van der Waals surface area contributed by atoms with Gasteiger partial charge in [-0.2, -0.15) is 11.3 Å². The zero-order chi connectivity index (χ0) is 48.2. The van der Waals surface area contributed by atoms with Crippen molar-refractivity contribution in [1.29, 1.82) is 0 Å². The Hall–Kier alpha value is -4.72. The minimum Gasteiger partial charge on any atom is 0 e. The molecule has 63 heavy (non-hydrogen) atoms. The second-order valence-corrected chi connectivity index (χ2v) is 29.5. The number of imidazole rings is 1. The van der Waals surface area contributed by atoms with Gasteiger partial charge >= 0.3 is 139 Å². The van der Waals surface area contributed by atoms with Crippen molar-refractivity contribution in [1.82, 2.24) is 14.5 Å². The molecule has 0 fully saturated rings. The van der Waals surface area contributed by atoms with Crippen LogP contribution in [0.4, 0.5) is 4.39 Å². The SMILES string of the molecule is CC(C)c1cccc(C(C)C)c1-n1c(-c2[c-]ccc3c2sc2cc(-c4ccc(F)cc4)ccc23)nc2ccccc21.[2H]C([2H])([2H])c1c[c-]c(-c2cc(C([2H])([2H])C(C)C)[c]([Ge]([CH3])([CH3])[CH3])cn2)cc1.[Ir]. The molecule has 0 aliphatic rings. The topological polar surface area (TPSA) is 30.7 Å². The largest absolute Gasteiger partial charge is 0 e. The molecular formula is C56H56FGeIrN3S-2. The van der Waals surface area contributed by atoms with Crippen LogP contribution in [0.5, 0.6) is 0 Å². The van der Waals surface area contributed by atoms with Gasteiger partial charge in [0.15, 0.2) is 0 Å². The molecule has 0 unspecified atom stereocenters. The number of benzene rings is 6. The van der Waals surface area contributed by atoms with Gasteiger partial charge < -0.3 is 4.57 Å². The summed E-state index contributed by atoms with van der Waals surface area (Å²) in [6.07, 6.45) is 0.362. The molecule has 0 saturated carbocycles. The van der Waals surface area contributed by atoms with Crippen LogP contribution in [0, 0.1) is 30.7 Å². The number of rotatable bonds is 9. The van der Waals surface area contributed by atoms with Crippen LogP contribution in [0.25, 0.3) is 70.7 Å². The molecule has 1 radical (unpaired) electrons. The summed E-state index contributed by atoms with van der Waals surface area (Å²) in [4.78, 5) is 9.81. The number of halogens is 1. The maximum absolute atomic E-state index is 13.6. The molecule has 3 aromatic heterocycles. The molecule has 0 spiro atoms. The second kappa shape index (κ2) is 19.2. The van der Waals surface area contributed by atoms with Crippen LogP contribution in [0.3, 0.4) is 0 Å². The van der Waals surface area contributed by atoms with Crippen molar-refractivity contribution in [3.63, 3.8) is 0 Å². The van der Waals surface area contributed by atoms with Crippen LogP contribution in [-0.4, -0.2) is 27.8 Å². The van der Waals surface area contributed by atoms with Crippen molar-refractivity contribution in [3.8, 4) is 39.5 Å². The van der Waals surface area contributed by atoms with E-state index in [1.165, 1.54) is 55.2 Å². The quantitative estimate of drug-likeness (QED) is 0.107. The number of thiophene rings is 1. The van der Waals surface area contributed by atoms with Crippen LogP contribution in [0.2, 0.25) is 17.3 Å². The van der Waals surface area contributed by atoms with Crippen LogP contribution in [0.15, 0.2) is 128 Å². The molecular weight excluding hydrogens is 1030 g/mol. The summed E-state index contributed by atoms with van der Waals surface area (Å²) in [6.45, 7) is 10.7. The fourth-order valence-corrected chi connectivity index (χ4v) is 12.3. The summed E-state index contributed by atoms with van der Waals surface area (Å²) in [6, 6.07) is 45.7. The minimum absolute atomic E-state index is 0. The molecule has 0 atom stereocenters. The number of fused-ring (bicyclic) bond motifs is 4. The Morgan fingerprint density at radius 1 is 0.794 bits per heavy atom. The van der Waals surface area contributed by atoms with Gasteiger partial charge in [0, 0.05) is 30.5 Å². The zero-order valence-electron chi connectivity index (χ0n) is 42.3. The zero-order valence-corrected chi connectivity index (χ0v) is 42.6. The number of aryl methyl sites for hydroxylation is 1. The monoisotopic (exact) mass is 1090 g/mol. The molecule has 0 aliphatic heterocycles. The molecule has 3 heterocycles. The van der Waals surface area contributed by atoms with E-state index in [1.54, 1.807) is 23.5 Å². The first-order valence-corrected chi connectivity index (χ1v) is 29.6. The van der Waals surface area contributed by atoms with Crippen LogP contribution >= 0.6 is 11.3 Å². The van der Waals surface area contributed by atoms with Gasteiger partial charge in [-0.05, 0) is 74.5 Å². The molecule has 7 heteroatoms. The summed E-state index contributed by atoms with van der Waals surface area (Å²) in [7, 11) is 0. The summed E-state index contributed by atoms with van der Waals surface area (Å²) >= 11 is -0.546. The van der Waals surface area contributed by atoms with Crippen molar-refractivity contribution in [2.75, 3.05) is 0 Å². The Bertz CT molecular complexity index is 3220. The molecule has 9 rings (SSSR count). The van der Waals surface area contributed by atoms with Gasteiger partial charge in [0.25, 0.3) is 0 Å². The third-order valence-corrected chi connectivity index (χ3v) is 16.6. The van der Waals surface area contributed by atoms with E-state index in [-0.39, 0.29) is 37.4 Å². The molecule has 323 valence electrons. The summed E-state index contributed by atoms with van der Waals surface area (Å²) in [5.74, 6) is 7.92. The molecule has 0 N–H and O–H groups in total. The number of para-hydroxylation sites is 3. The van der Waals surface area contributed by atoms with Gasteiger partial charge in [-0.15, -0.1) is 18.2 Å². The number of nitrogens with zero attached hydrogens (tertiary/aromatic N) is 3. The van der Waals surface area contributed by atoms with Crippen molar-refractivity contribution < 1.29 is 31.3 Å². The molecule has 0 saturated heterocycles. The summed E-state index contributed by atoms with van der Waals surface area (Å²) < 4.78 is 58.9. The summed E-state index contributed by atoms with van der Waals surface area (Å²) in [5, 5.41) is 2.41. The van der Waals surface area contributed by atoms with E-state index in [4.69, 9.17) is 11.8 Å². The van der Waals surface area contributed by atoms with Crippen molar-refractivity contribution in [2.24, 2.45) is 5.92 Å². The summed E-state index contributed by atoms with van der Waals surface area (Å²) in [5.41, 5.74) is 11.3. The van der Waals surface area contributed by atoms with Gasteiger partial charge in [0.1, 0.15) is 5.82 Å². The third kappa shape index (κ3) is 9.71. The van der Waals surface area contributed by atoms with Gasteiger partial charge in [-0.1, -0.05) is 93.2 Å². The van der Waals surface area contributed by atoms with Crippen molar-refractivity contribution in [3.05, 3.63) is 168 Å². The standard InChI is InChI=1S/C37H30FN2S.C19H26GeN.Ir/c1-22(2)27-9-7-10-28(23(3)4)35(27)40-33-14-6-5-13-32(33)39-37(40)31-12-8-11-30-29-20-17-25(21-34(29)41-36(30)31)24-15-18-26(38)19-16-24;1-14(2)11-17-12-19(16-9-7-15(3)8-10-16)21-13-18(17)20(4,5)6;/h5-11,13-23H,1-4H3;7-9,12-14H,11H2,1-6H3;/q2*-1;/i;3D3,11D2;. The van der Waals surface area contributed by atoms with Crippen LogP contribution < -0.4 is 4.40 Å². The second-order valence-electron chi connectivity index (χ2n) is 17.9. The van der Waals surface area contributed by atoms with E-state index >= 15 is 0 Å². The van der Waals surface area contributed by atoms with E-state index < -0.39 is 26.5 Å². The predicted molar refractivity (Wildman–Crippen MR) is 267 cm³/mol. The first kappa shape index (κ1) is 39.8. The molecule has 0 aliphatic carbocycles. The Morgan fingerprint density at radius 2 is 1.51 bits per heavy atom. The van der Waals surface area contributed by atoms with E-state index in [2.05, 4.69) is 133 Å². The van der Waals surface area contributed by atoms with E-state index in [1.807, 2.05) is 44.3 Å². The van der Waals surface area contributed by atoms with E-state index in [0.29, 0.717) is 28.7 Å². The van der Waals surface area contributed by atoms with E-state index in [9.17, 15) is 4.39 Å². The molecule has 9 aromatic rings. The number of hydrogen-bond acceptors (Lipinski definition) is 3. The number of aromatic nitrogens is 3. The molecule has 6 aromatic carbocycles. The minimum atomic E-state index is -2.32. The molecule has 0 bridgehead atoms. The molecule has 0 amide bonds. The Balaban J connectivity index is 0.000000220. The van der Waals surface area contributed by atoms with Crippen molar-refractivity contribution in [2.45, 2.75) is 83.9 Å². The fraction of sp³-hybridized carbons (Fsp3) is 0.250. The van der Waals surface area contributed by atoms with Crippen molar-refractivity contribution >= 4 is 60.2 Å². The average molecular weight is 1090 g/mol. The van der Waals surface area contributed by atoms with Gasteiger partial charge in [-0.25, -0.2) is 4.39 Å². The maximum atomic E-state index is 13.6. The van der Waals surface area contributed by atoms with E-state index in [0.717, 1.165) is 37.9 Å². The fourth-order valence-electron chi connectivity index (χ4n) is 8.13. The maximum Gasteiger partial charge on any atom is 0 e. The number of hydrogen-bond donors (Lipinski definition) is 0. The smallest absolute Gasteiger partial charge is 0 e. The number of pyridine rings is 1. The van der Waals surface area contributed by atoms with Gasteiger partial charge in [-0.3, -0.25) is 4.98 Å². The third-order valence-electron chi connectivity index (χ3n) is 11.2. The van der Waals surface area contributed by atoms with Gasteiger partial charge in [0.05, 0.1) is 16.9 Å². The normalized spacial score (nSPS) is 13.4. The van der Waals surface area contributed by atoms with Crippen LogP contribution in [0.1, 0.15) is 82.5 Å². The first-order chi connectivity index (χ1) is 31.6. The first-order valence-electron chi connectivity index (χ1n) is 23.9. The Kier molecular flexibility index (Phi) is 12.1. The Labute approximate surface area is 400 Å². The van der Waals surface area contributed by atoms with Gasteiger partial charge in [0.2, 0.25) is 0 Å².